The van der Waals surface area contributed by atoms with Crippen molar-refractivity contribution in [1.29, 1.82) is 10.5 Å². The number of amides is 1. The van der Waals surface area contributed by atoms with Gasteiger partial charge < -0.3 is 10.6 Å². The molecule has 0 radical (unpaired) electrons. The van der Waals surface area contributed by atoms with Crippen LogP contribution in [0.5, 0.6) is 0 Å². The molecule has 27 heavy (non-hydrogen) atoms. The van der Waals surface area contributed by atoms with Gasteiger partial charge in [-0.25, -0.2) is 0 Å². The molecule has 2 heterocycles. The molecule has 0 unspecified atom stereocenters. The van der Waals surface area contributed by atoms with Crippen LogP contribution in [0.25, 0.3) is 6.08 Å². The van der Waals surface area contributed by atoms with Gasteiger partial charge in [-0.05, 0) is 57.5 Å². The molecule has 1 fully saturated rings. The van der Waals surface area contributed by atoms with Crippen molar-refractivity contribution in [3.63, 3.8) is 0 Å². The number of benzene rings is 2. The summed E-state index contributed by atoms with van der Waals surface area (Å²) in [5.41, 5.74) is 6.93. The maximum Gasteiger partial charge on any atom is 0.240 e. The number of halogens is 1. The van der Waals surface area contributed by atoms with Crippen molar-refractivity contribution in [2.75, 3.05) is 0 Å². The third kappa shape index (κ3) is 2.44. The Morgan fingerprint density at radius 3 is 2.56 bits per heavy atom. The van der Waals surface area contributed by atoms with Crippen LogP contribution in [0.1, 0.15) is 28.7 Å². The number of hydrogen-bond acceptors (Lipinski definition) is 4. The predicted molar refractivity (Wildman–Crippen MR) is 109 cm³/mol. The van der Waals surface area contributed by atoms with Crippen LogP contribution < -0.4 is 5.73 Å². The van der Waals surface area contributed by atoms with E-state index in [1.807, 2.05) is 54.6 Å². The van der Waals surface area contributed by atoms with Gasteiger partial charge in [-0.3, -0.25) is 4.79 Å². The van der Waals surface area contributed by atoms with Crippen molar-refractivity contribution < 1.29 is 4.79 Å². The summed E-state index contributed by atoms with van der Waals surface area (Å²) in [6, 6.07) is 18.4. The smallest absolute Gasteiger partial charge is 0.240 e. The fourth-order valence-electron chi connectivity index (χ4n) is 4.39. The minimum Gasteiger partial charge on any atom is -0.368 e. The summed E-state index contributed by atoms with van der Waals surface area (Å²) >= 11 is 2.18. The molecule has 2 aliphatic rings. The van der Waals surface area contributed by atoms with E-state index in [0.29, 0.717) is 0 Å². The molecule has 2 aromatic carbocycles. The predicted octanol–water partition coefficient (Wildman–Crippen LogP) is 3.30. The second-order valence-corrected chi connectivity index (χ2v) is 8.01. The zero-order chi connectivity index (χ0) is 19.2. The van der Waals surface area contributed by atoms with Gasteiger partial charge >= 0.3 is 0 Å². The van der Waals surface area contributed by atoms with E-state index in [2.05, 4.69) is 34.7 Å². The molecular weight excluding hydrogens is 451 g/mol. The van der Waals surface area contributed by atoms with Crippen LogP contribution in [0.3, 0.4) is 0 Å². The number of nitriles is 2. The molecular formula is C21H15IN4O. The number of nitrogens with zero attached hydrogens (tertiary/aromatic N) is 3. The van der Waals surface area contributed by atoms with Crippen LogP contribution in [-0.2, 0) is 4.79 Å². The van der Waals surface area contributed by atoms with Crippen molar-refractivity contribution >= 4 is 34.6 Å². The molecule has 0 aromatic heterocycles. The van der Waals surface area contributed by atoms with Gasteiger partial charge in [-0.2, -0.15) is 10.5 Å². The number of primary amides is 1. The van der Waals surface area contributed by atoms with Crippen LogP contribution in [0.15, 0.2) is 54.7 Å². The largest absolute Gasteiger partial charge is 0.368 e. The minimum atomic E-state index is -1.44. The van der Waals surface area contributed by atoms with Crippen LogP contribution in [0.2, 0.25) is 0 Å². The lowest BCUT2D eigenvalue weighted by atomic mass is 9.68. The van der Waals surface area contributed by atoms with Crippen LogP contribution in [-0.4, -0.2) is 16.8 Å². The average molecular weight is 466 g/mol. The van der Waals surface area contributed by atoms with Gasteiger partial charge in [0.1, 0.15) is 6.04 Å². The Hall–Kier alpha value is -2.84. The molecule has 1 amide bonds. The van der Waals surface area contributed by atoms with Crippen molar-refractivity contribution in [2.45, 2.75) is 18.0 Å². The van der Waals surface area contributed by atoms with E-state index in [4.69, 9.17) is 5.73 Å². The van der Waals surface area contributed by atoms with E-state index in [0.717, 1.165) is 20.3 Å². The topological polar surface area (TPSA) is 93.9 Å². The van der Waals surface area contributed by atoms with E-state index >= 15 is 0 Å². The first-order chi connectivity index (χ1) is 13.0. The molecule has 2 aromatic rings. The molecule has 2 N–H and O–H groups in total. The summed E-state index contributed by atoms with van der Waals surface area (Å²) in [6.07, 6.45) is 3.69. The van der Waals surface area contributed by atoms with E-state index in [1.165, 1.54) is 0 Å². The molecule has 1 saturated heterocycles. The van der Waals surface area contributed by atoms with E-state index < -0.39 is 29.3 Å². The fraction of sp³-hybridized carbons (Fsp3) is 0.190. The zero-order valence-corrected chi connectivity index (χ0v) is 16.4. The lowest BCUT2D eigenvalue weighted by molar-refractivity contribution is -0.122. The van der Waals surface area contributed by atoms with Gasteiger partial charge in [0.2, 0.25) is 5.91 Å². The van der Waals surface area contributed by atoms with Gasteiger partial charge in [0.05, 0.1) is 18.2 Å². The molecule has 0 aliphatic carbocycles. The third-order valence-electron chi connectivity index (χ3n) is 5.44. The Morgan fingerprint density at radius 2 is 1.89 bits per heavy atom. The highest BCUT2D eigenvalue weighted by molar-refractivity contribution is 14.1. The normalized spacial score (nSPS) is 24.4. The quantitative estimate of drug-likeness (QED) is 0.688. The van der Waals surface area contributed by atoms with Crippen LogP contribution in [0.4, 0.5) is 0 Å². The summed E-state index contributed by atoms with van der Waals surface area (Å²) in [7, 11) is 0. The maximum atomic E-state index is 12.5. The van der Waals surface area contributed by atoms with Crippen molar-refractivity contribution in [3.8, 4) is 12.1 Å². The van der Waals surface area contributed by atoms with Crippen molar-refractivity contribution in [2.24, 2.45) is 11.1 Å². The molecule has 3 atom stereocenters. The summed E-state index contributed by atoms with van der Waals surface area (Å²) in [6.45, 7) is 0. The van der Waals surface area contributed by atoms with Crippen molar-refractivity contribution in [1.82, 2.24) is 4.90 Å². The summed E-state index contributed by atoms with van der Waals surface area (Å²) in [5.74, 6) is -1.19. The highest BCUT2D eigenvalue weighted by Crippen LogP contribution is 2.59. The van der Waals surface area contributed by atoms with Gasteiger partial charge in [0, 0.05) is 15.7 Å². The van der Waals surface area contributed by atoms with Crippen LogP contribution in [0, 0.1) is 31.6 Å². The average Bonchev–Trinajstić information content (AvgIpc) is 2.99. The standard InChI is InChI=1S/C21H15IN4O/c22-15-6-3-5-14(10-15)17-18(20(25)27)26-9-8-13-4-1-2-7-16(13)19(26)21(17,11-23)12-24/h1-10,17-19H,(H2,25,27)/t17-,18+,19-/m1/s1. The molecule has 4 rings (SSSR count). The second kappa shape index (κ2) is 6.40. The molecule has 2 aliphatic heterocycles. The number of hydrogen-bond donors (Lipinski definition) is 1. The van der Waals surface area contributed by atoms with Gasteiger partial charge in [0.25, 0.3) is 0 Å². The van der Waals surface area contributed by atoms with Crippen molar-refractivity contribution in [3.05, 3.63) is 75.0 Å². The molecule has 132 valence electrons. The SMILES string of the molecule is N#CC1(C#N)[C@H](c2cccc(I)c2)[C@@H](C(N)=O)N2C=Cc3ccccc3[C@@H]21. The fourth-order valence-corrected chi connectivity index (χ4v) is 4.96. The number of carbonyl (C=O) groups excluding carboxylic acids is 1. The van der Waals surface area contributed by atoms with Gasteiger partial charge in [-0.15, -0.1) is 0 Å². The molecule has 5 nitrogen and oxygen atoms in total. The van der Waals surface area contributed by atoms with Gasteiger partial charge in [0.15, 0.2) is 5.41 Å². The Labute approximate surface area is 170 Å². The minimum absolute atomic E-state index is 0.541. The first-order valence-corrected chi connectivity index (χ1v) is 9.53. The number of nitrogens with two attached hydrogens (primary N) is 1. The summed E-state index contributed by atoms with van der Waals surface area (Å²) in [5, 5.41) is 20.4. The highest BCUT2D eigenvalue weighted by atomic mass is 127. The van der Waals surface area contributed by atoms with Crippen LogP contribution >= 0.6 is 22.6 Å². The van der Waals surface area contributed by atoms with E-state index in [9.17, 15) is 15.3 Å². The number of fused-ring (bicyclic) bond motifs is 3. The summed E-state index contributed by atoms with van der Waals surface area (Å²) < 4.78 is 0.971. The lowest BCUT2D eigenvalue weighted by Crippen LogP contribution is -2.41. The molecule has 0 spiro atoms. The molecule has 6 heteroatoms. The first-order valence-electron chi connectivity index (χ1n) is 8.45. The summed E-state index contributed by atoms with van der Waals surface area (Å²) in [4.78, 5) is 14.3. The zero-order valence-electron chi connectivity index (χ0n) is 14.2. The first kappa shape index (κ1) is 17.6. The number of carbonyl (C=O) groups is 1. The second-order valence-electron chi connectivity index (χ2n) is 6.77. The lowest BCUT2D eigenvalue weighted by Gasteiger charge is -2.34. The Bertz CT molecular complexity index is 1030. The molecule has 0 saturated carbocycles. The maximum absolute atomic E-state index is 12.5. The Balaban J connectivity index is 2.02. The third-order valence-corrected chi connectivity index (χ3v) is 6.11. The van der Waals surface area contributed by atoms with E-state index in [1.54, 1.807) is 11.1 Å². The highest BCUT2D eigenvalue weighted by Gasteiger charge is 2.63. The van der Waals surface area contributed by atoms with Gasteiger partial charge in [-0.1, -0.05) is 36.4 Å². The Kier molecular flexibility index (Phi) is 4.16. The monoisotopic (exact) mass is 466 g/mol. The van der Waals surface area contributed by atoms with E-state index in [-0.39, 0.29) is 0 Å². The Morgan fingerprint density at radius 1 is 1.15 bits per heavy atom. The molecule has 0 bridgehead atoms. The number of rotatable bonds is 2.